The van der Waals surface area contributed by atoms with Gasteiger partial charge in [-0.1, -0.05) is 13.8 Å². The molecular weight excluding hydrogens is 498 g/mol. The monoisotopic (exact) mass is 529 g/mol. The number of nitrogens with zero attached hydrogens (tertiary/aromatic N) is 3. The van der Waals surface area contributed by atoms with Gasteiger partial charge in [0.25, 0.3) is 0 Å². The fourth-order valence-electron chi connectivity index (χ4n) is 2.82. The average molecular weight is 529 g/mol. The molecule has 0 unspecified atom stereocenters. The summed E-state index contributed by atoms with van der Waals surface area (Å²) in [5.74, 6) is 0.585. The van der Waals surface area contributed by atoms with E-state index >= 15 is 0 Å². The van der Waals surface area contributed by atoms with Crippen LogP contribution in [0.3, 0.4) is 0 Å². The molecule has 0 aromatic heterocycles. The summed E-state index contributed by atoms with van der Waals surface area (Å²) in [5.41, 5.74) is -5.24. The first kappa shape index (κ1) is 26.7. The van der Waals surface area contributed by atoms with Crippen molar-refractivity contribution in [3.8, 4) is 0 Å². The lowest BCUT2D eigenvalue weighted by Crippen LogP contribution is -2.51. The van der Waals surface area contributed by atoms with E-state index in [9.17, 15) is 21.6 Å². The Balaban J connectivity index is 0.00000676. The molecule has 1 heterocycles. The van der Waals surface area contributed by atoms with Crippen molar-refractivity contribution in [3.05, 3.63) is 0 Å². The van der Waals surface area contributed by atoms with Gasteiger partial charge in [-0.2, -0.15) is 17.5 Å². The predicted octanol–water partition coefficient (Wildman–Crippen LogP) is 1.82. The van der Waals surface area contributed by atoms with E-state index in [1.165, 1.54) is 0 Å². The largest absolute Gasteiger partial charge is 0.511 e. The Morgan fingerprint density at radius 1 is 1.22 bits per heavy atom. The number of halogens is 4. The van der Waals surface area contributed by atoms with Gasteiger partial charge in [-0.25, -0.2) is 8.42 Å². The molecule has 1 aliphatic heterocycles. The first-order valence-corrected chi connectivity index (χ1v) is 10.4. The zero-order valence-electron chi connectivity index (χ0n) is 16.0. The number of sulfonamides is 1. The van der Waals surface area contributed by atoms with E-state index in [-0.39, 0.29) is 43.1 Å². The van der Waals surface area contributed by atoms with Crippen LogP contribution in [0.5, 0.6) is 0 Å². The van der Waals surface area contributed by atoms with Crippen LogP contribution in [0.2, 0.25) is 0 Å². The van der Waals surface area contributed by atoms with Crippen LogP contribution in [0, 0.1) is 0 Å². The highest BCUT2D eigenvalue weighted by atomic mass is 127. The van der Waals surface area contributed by atoms with Crippen molar-refractivity contribution in [1.29, 1.82) is 0 Å². The molecule has 12 heteroatoms. The molecule has 1 rings (SSSR count). The van der Waals surface area contributed by atoms with E-state index in [2.05, 4.69) is 34.4 Å². The standard InChI is InChI=1S/C15H30F3N5O2S.HI/c1-4-22(5-2)10-6-9-20-14(19-3)21-13-7-11-23(12-8-13)26(24,25)15(16,17)18;/h13H,4-12H2,1-3H3,(H2,19,20,21);1H. The van der Waals surface area contributed by atoms with Gasteiger partial charge < -0.3 is 15.5 Å². The lowest BCUT2D eigenvalue weighted by Gasteiger charge is -2.32. The highest BCUT2D eigenvalue weighted by molar-refractivity contribution is 14.0. The summed E-state index contributed by atoms with van der Waals surface area (Å²) in [6, 6.07) is -0.108. The highest BCUT2D eigenvalue weighted by Crippen LogP contribution is 2.28. The minimum atomic E-state index is -5.24. The smallest absolute Gasteiger partial charge is 0.356 e. The quantitative estimate of drug-likeness (QED) is 0.217. The molecule has 1 aliphatic rings. The third-order valence-electron chi connectivity index (χ3n) is 4.49. The van der Waals surface area contributed by atoms with Crippen LogP contribution < -0.4 is 10.6 Å². The zero-order chi connectivity index (χ0) is 19.8. The summed E-state index contributed by atoms with van der Waals surface area (Å²) in [6.07, 6.45) is 1.55. The van der Waals surface area contributed by atoms with E-state index in [1.54, 1.807) is 7.05 Å². The summed E-state index contributed by atoms with van der Waals surface area (Å²) in [6.45, 7) is 7.64. The second-order valence-corrected chi connectivity index (χ2v) is 8.08. The van der Waals surface area contributed by atoms with Crippen molar-refractivity contribution >= 4 is 40.0 Å². The number of nitrogens with one attached hydrogen (secondary N) is 2. The molecule has 0 saturated carbocycles. The first-order valence-electron chi connectivity index (χ1n) is 8.91. The Bertz CT molecular complexity index is 548. The van der Waals surface area contributed by atoms with E-state index in [0.29, 0.717) is 23.1 Å². The third-order valence-corrected chi connectivity index (χ3v) is 6.12. The second-order valence-electron chi connectivity index (χ2n) is 6.15. The normalized spacial score (nSPS) is 17.7. The number of guanidine groups is 1. The summed E-state index contributed by atoms with van der Waals surface area (Å²) in [4.78, 5) is 6.43. The molecule has 0 aromatic carbocycles. The molecule has 0 aromatic rings. The van der Waals surface area contributed by atoms with E-state index in [4.69, 9.17) is 0 Å². The maximum absolute atomic E-state index is 12.6. The van der Waals surface area contributed by atoms with Crippen LogP contribution in [-0.2, 0) is 10.0 Å². The van der Waals surface area contributed by atoms with Crippen LogP contribution in [0.25, 0.3) is 0 Å². The van der Waals surface area contributed by atoms with Gasteiger partial charge in [-0.15, -0.1) is 24.0 Å². The minimum absolute atomic E-state index is 0. The molecule has 162 valence electrons. The van der Waals surface area contributed by atoms with E-state index in [0.717, 1.165) is 32.6 Å². The van der Waals surface area contributed by atoms with Crippen molar-refractivity contribution < 1.29 is 21.6 Å². The van der Waals surface area contributed by atoms with Gasteiger partial charge in [0.05, 0.1) is 0 Å². The van der Waals surface area contributed by atoms with Crippen molar-refractivity contribution in [2.24, 2.45) is 4.99 Å². The Hall–Kier alpha value is -0.340. The number of hydrogen-bond donors (Lipinski definition) is 2. The number of alkyl halides is 3. The van der Waals surface area contributed by atoms with Gasteiger partial charge >= 0.3 is 15.5 Å². The van der Waals surface area contributed by atoms with Crippen LogP contribution in [0.1, 0.15) is 33.1 Å². The number of hydrogen-bond acceptors (Lipinski definition) is 4. The maximum atomic E-state index is 12.6. The second kappa shape index (κ2) is 12.3. The molecule has 2 N–H and O–H groups in total. The molecule has 0 spiro atoms. The summed E-state index contributed by atoms with van der Waals surface area (Å²) >= 11 is 0. The molecule has 7 nitrogen and oxygen atoms in total. The Morgan fingerprint density at radius 3 is 2.22 bits per heavy atom. The molecule has 0 amide bonds. The van der Waals surface area contributed by atoms with Crippen molar-refractivity contribution in [3.63, 3.8) is 0 Å². The molecule has 1 fully saturated rings. The van der Waals surface area contributed by atoms with Crippen LogP contribution in [0.15, 0.2) is 4.99 Å². The number of aliphatic imine (C=N–C) groups is 1. The first-order chi connectivity index (χ1) is 12.2. The van der Waals surface area contributed by atoms with Gasteiger partial charge in [0.1, 0.15) is 0 Å². The topological polar surface area (TPSA) is 77.0 Å². The van der Waals surface area contributed by atoms with Crippen LogP contribution in [-0.4, -0.2) is 81.4 Å². The molecule has 0 atom stereocenters. The molecule has 27 heavy (non-hydrogen) atoms. The number of rotatable bonds is 8. The van der Waals surface area contributed by atoms with Crippen LogP contribution in [0.4, 0.5) is 13.2 Å². The Labute approximate surface area is 177 Å². The van der Waals surface area contributed by atoms with E-state index in [1.807, 2.05) is 0 Å². The SMILES string of the molecule is CCN(CC)CCCNC(=NC)NC1CCN(S(=O)(=O)C(F)(F)F)CC1.I. The van der Waals surface area contributed by atoms with Gasteiger partial charge in [0.2, 0.25) is 0 Å². The maximum Gasteiger partial charge on any atom is 0.511 e. The van der Waals surface area contributed by atoms with Gasteiger partial charge in [-0.3, -0.25) is 4.99 Å². The van der Waals surface area contributed by atoms with Crippen LogP contribution >= 0.6 is 24.0 Å². The minimum Gasteiger partial charge on any atom is -0.356 e. The number of piperidine rings is 1. The van der Waals surface area contributed by atoms with Crippen molar-refractivity contribution in [2.75, 3.05) is 46.3 Å². The predicted molar refractivity (Wildman–Crippen MR) is 112 cm³/mol. The summed E-state index contributed by atoms with van der Waals surface area (Å²) < 4.78 is 61.1. The highest BCUT2D eigenvalue weighted by Gasteiger charge is 2.50. The molecule has 1 saturated heterocycles. The Kier molecular flexibility index (Phi) is 12.1. The van der Waals surface area contributed by atoms with E-state index < -0.39 is 15.5 Å². The molecule has 0 bridgehead atoms. The fraction of sp³-hybridized carbons (Fsp3) is 0.933. The lowest BCUT2D eigenvalue weighted by atomic mass is 10.1. The lowest BCUT2D eigenvalue weighted by molar-refractivity contribution is -0.0494. The zero-order valence-corrected chi connectivity index (χ0v) is 19.2. The molecular formula is C15H31F3IN5O2S. The summed E-state index contributed by atoms with van der Waals surface area (Å²) in [5, 5.41) is 6.34. The van der Waals surface area contributed by atoms with Gasteiger partial charge in [-0.05, 0) is 38.9 Å². The third kappa shape index (κ3) is 8.28. The Morgan fingerprint density at radius 2 is 1.78 bits per heavy atom. The van der Waals surface area contributed by atoms with Crippen molar-refractivity contribution in [2.45, 2.75) is 44.7 Å². The molecule has 0 aliphatic carbocycles. The van der Waals surface area contributed by atoms with Gasteiger partial charge in [0.15, 0.2) is 5.96 Å². The van der Waals surface area contributed by atoms with Gasteiger partial charge in [0, 0.05) is 32.7 Å². The van der Waals surface area contributed by atoms with Crippen molar-refractivity contribution in [1.82, 2.24) is 19.8 Å². The summed E-state index contributed by atoms with van der Waals surface area (Å²) in [7, 11) is -3.60. The average Bonchev–Trinajstić information content (AvgIpc) is 2.60. The fourth-order valence-corrected chi connectivity index (χ4v) is 3.81. The molecule has 0 radical (unpaired) electrons.